The molecule has 0 heterocycles. The van der Waals surface area contributed by atoms with Crippen molar-refractivity contribution in [3.8, 4) is 0 Å². The van der Waals surface area contributed by atoms with Gasteiger partial charge in [-0.05, 0) is 69.6 Å². The zero-order valence-corrected chi connectivity index (χ0v) is 45.8. The largest absolute Gasteiger partial charge is 0.481 e. The van der Waals surface area contributed by atoms with E-state index in [9.17, 15) is 82.4 Å². The van der Waals surface area contributed by atoms with Gasteiger partial charge in [0.15, 0.2) is 0 Å². The van der Waals surface area contributed by atoms with Crippen molar-refractivity contribution in [1.82, 2.24) is 53.2 Å². The number of carboxylic acid groups (broad SMARTS) is 3. The van der Waals surface area contributed by atoms with Crippen LogP contribution in [-0.2, 0) is 67.1 Å². The number of amides is 11. The van der Waals surface area contributed by atoms with Gasteiger partial charge in [0.2, 0.25) is 65.0 Å². The average Bonchev–Trinajstić information content (AvgIpc) is 3.31. The molecule has 0 aromatic heterocycles. The van der Waals surface area contributed by atoms with E-state index in [4.69, 9.17) is 16.6 Å². The van der Waals surface area contributed by atoms with Gasteiger partial charge in [-0.3, -0.25) is 62.3 Å². The molecule has 0 aliphatic rings. The van der Waals surface area contributed by atoms with Gasteiger partial charge in [0.05, 0.1) is 32.0 Å². The monoisotopic (exact) mass is 1110 g/mol. The molecule has 30 nitrogen and oxygen atoms in total. The molecular formula is C48H82N12O18. The van der Waals surface area contributed by atoms with E-state index >= 15 is 0 Å². The molecule has 18 N–H and O–H groups in total. The number of rotatable bonds is 37. The van der Waals surface area contributed by atoms with Crippen LogP contribution in [0.3, 0.4) is 0 Å². The highest BCUT2D eigenvalue weighted by Gasteiger charge is 2.36. The molecule has 0 aromatic rings. The maximum Gasteiger partial charge on any atom is 0.328 e. The number of aliphatic hydroxyl groups excluding tert-OH is 1. The number of carboxylic acids is 3. The van der Waals surface area contributed by atoms with Crippen molar-refractivity contribution in [3.63, 3.8) is 0 Å². The van der Waals surface area contributed by atoms with Gasteiger partial charge in [-0.25, -0.2) is 4.79 Å². The molecule has 0 aliphatic heterocycles. The number of carbonyl (C=O) groups is 14. The van der Waals surface area contributed by atoms with Crippen molar-refractivity contribution >= 4 is 82.9 Å². The summed E-state index contributed by atoms with van der Waals surface area (Å²) >= 11 is 0. The zero-order chi connectivity index (χ0) is 60.3. The maximum absolute atomic E-state index is 13.8. The Morgan fingerprint density at radius 3 is 1.01 bits per heavy atom. The molecule has 0 rings (SSSR count). The first-order valence-electron chi connectivity index (χ1n) is 25.4. The highest BCUT2D eigenvalue weighted by atomic mass is 16.4. The summed E-state index contributed by atoms with van der Waals surface area (Å²) < 4.78 is 0. The molecule has 0 saturated carbocycles. The second-order valence-electron chi connectivity index (χ2n) is 20.5. The predicted octanol–water partition coefficient (Wildman–Crippen LogP) is -4.69. The van der Waals surface area contributed by atoms with Crippen LogP contribution >= 0.6 is 0 Å². The highest BCUT2D eigenvalue weighted by molar-refractivity contribution is 5.99. The van der Waals surface area contributed by atoms with Crippen LogP contribution in [0.15, 0.2) is 0 Å². The summed E-state index contributed by atoms with van der Waals surface area (Å²) in [7, 11) is 0. The fourth-order valence-corrected chi connectivity index (χ4v) is 7.18. The lowest BCUT2D eigenvalue weighted by atomic mass is 9.99. The molecule has 30 heteroatoms. The van der Waals surface area contributed by atoms with Crippen molar-refractivity contribution in [1.29, 1.82) is 0 Å². The van der Waals surface area contributed by atoms with E-state index in [1.807, 2.05) is 5.32 Å². The van der Waals surface area contributed by atoms with Gasteiger partial charge in [-0.1, -0.05) is 55.4 Å². The van der Waals surface area contributed by atoms with Crippen molar-refractivity contribution in [3.05, 3.63) is 0 Å². The van der Waals surface area contributed by atoms with Gasteiger partial charge in [-0.2, -0.15) is 0 Å². The third-order valence-electron chi connectivity index (χ3n) is 11.2. The number of aliphatic hydroxyl groups is 1. The summed E-state index contributed by atoms with van der Waals surface area (Å²) in [5, 5.41) is 61.1. The third kappa shape index (κ3) is 28.6. The van der Waals surface area contributed by atoms with E-state index in [1.54, 1.807) is 55.4 Å². The minimum atomic E-state index is -1.86. The third-order valence-corrected chi connectivity index (χ3v) is 11.2. The summed E-state index contributed by atoms with van der Waals surface area (Å²) in [5.41, 5.74) is 10.8. The molecule has 0 aromatic carbocycles. The van der Waals surface area contributed by atoms with Crippen LogP contribution in [0, 0.1) is 23.7 Å². The fourth-order valence-electron chi connectivity index (χ4n) is 7.18. The summed E-state index contributed by atoms with van der Waals surface area (Å²) in [4.78, 5) is 179. The van der Waals surface area contributed by atoms with E-state index < -0.39 is 169 Å². The Hall–Kier alpha value is -7.50. The Kier molecular flexibility index (Phi) is 31.7. The quantitative estimate of drug-likeness (QED) is 0.0278. The molecule has 0 radical (unpaired) electrons. The molecule has 78 heavy (non-hydrogen) atoms. The lowest BCUT2D eigenvalue weighted by Gasteiger charge is -2.28. The number of aliphatic carboxylic acids is 3. The van der Waals surface area contributed by atoms with Crippen LogP contribution in [0.25, 0.3) is 0 Å². The number of nitrogens with one attached hydrogen (secondary N) is 10. The van der Waals surface area contributed by atoms with Crippen LogP contribution in [0.2, 0.25) is 0 Å². The molecule has 10 atom stereocenters. The van der Waals surface area contributed by atoms with E-state index in [0.29, 0.717) is 0 Å². The second-order valence-corrected chi connectivity index (χ2v) is 20.5. The Labute approximate surface area is 452 Å². The van der Waals surface area contributed by atoms with Gasteiger partial charge < -0.3 is 85.1 Å². The topological polar surface area (TPSA) is 492 Å². The summed E-state index contributed by atoms with van der Waals surface area (Å²) in [5.74, 6) is -16.3. The number of hydrogen-bond donors (Lipinski definition) is 16. The van der Waals surface area contributed by atoms with Gasteiger partial charge in [0.1, 0.15) is 54.4 Å². The van der Waals surface area contributed by atoms with Gasteiger partial charge >= 0.3 is 17.9 Å². The van der Waals surface area contributed by atoms with Crippen molar-refractivity contribution in [2.45, 2.75) is 181 Å². The molecule has 11 amide bonds. The zero-order valence-electron chi connectivity index (χ0n) is 45.8. The molecule has 0 fully saturated rings. The van der Waals surface area contributed by atoms with Crippen molar-refractivity contribution in [2.24, 2.45) is 35.1 Å². The minimum Gasteiger partial charge on any atom is -0.481 e. The van der Waals surface area contributed by atoms with E-state index in [2.05, 4.69) is 47.9 Å². The number of primary amides is 1. The van der Waals surface area contributed by atoms with Crippen LogP contribution in [0.1, 0.15) is 121 Å². The average molecular weight is 1120 g/mol. The summed E-state index contributed by atoms with van der Waals surface area (Å²) in [6.45, 7) is 14.4. The molecule has 0 saturated heterocycles. The van der Waals surface area contributed by atoms with Crippen molar-refractivity contribution in [2.75, 3.05) is 13.2 Å². The molecule has 0 unspecified atom stereocenters. The van der Waals surface area contributed by atoms with E-state index in [0.717, 1.165) is 6.92 Å². The maximum atomic E-state index is 13.8. The summed E-state index contributed by atoms with van der Waals surface area (Å²) in [6, 6.07) is -15.1. The first-order chi connectivity index (χ1) is 36.1. The fraction of sp³-hybridized carbons (Fsp3) is 0.708. The van der Waals surface area contributed by atoms with Gasteiger partial charge in [0, 0.05) is 6.42 Å². The van der Waals surface area contributed by atoms with E-state index in [-0.39, 0.29) is 62.2 Å². The van der Waals surface area contributed by atoms with Gasteiger partial charge in [0.25, 0.3) is 0 Å². The Balaban J connectivity index is 6.32. The molecule has 0 aliphatic carbocycles. The number of hydrogen-bond acceptors (Lipinski definition) is 16. The van der Waals surface area contributed by atoms with Crippen LogP contribution < -0.4 is 64.6 Å². The first kappa shape index (κ1) is 70.5. The Bertz CT molecular complexity index is 2140. The first-order valence-corrected chi connectivity index (χ1v) is 25.4. The Morgan fingerprint density at radius 2 is 0.692 bits per heavy atom. The van der Waals surface area contributed by atoms with Crippen LogP contribution in [0.4, 0.5) is 0 Å². The molecule has 442 valence electrons. The predicted molar refractivity (Wildman–Crippen MR) is 275 cm³/mol. The number of nitrogens with two attached hydrogens (primary N) is 2. The molecule has 0 bridgehead atoms. The SMILES string of the molecule is CC(C)C[C@H](NC(=O)CNC(=O)[C@@H](N)CCC(N)=O)C(=O)N[C@@H](CC(C)C)C(=O)N[C@@H](CC(=O)O)C(=O)N[C@@H](C)C(=O)N[C@@H](CC(C)C)C(=O)N[C@@H](CC(=O)O)C(=O)N[C@@H](CC(C)C)C(=O)N[C@@H](C)C(=O)N[C@@H](CO)C(=O)O. The van der Waals surface area contributed by atoms with Gasteiger partial charge in [-0.15, -0.1) is 0 Å². The van der Waals surface area contributed by atoms with E-state index in [1.165, 1.54) is 6.92 Å². The highest BCUT2D eigenvalue weighted by Crippen LogP contribution is 2.12. The Morgan fingerprint density at radius 1 is 0.397 bits per heavy atom. The number of carbonyl (C=O) groups excluding carboxylic acids is 11. The van der Waals surface area contributed by atoms with Crippen LogP contribution in [0.5, 0.6) is 0 Å². The normalized spacial score (nSPS) is 15.0. The standard InChI is InChI=1S/C48H82N12O18/c1-21(2)13-28(54-36(63)19-51-41(70)27(49)11-12-35(50)62)44(73)57-31(16-24(7)8)46(75)58-32(17-37(64)65)43(72)53-25(9)39(68)55-30(15-23(5)6)45(74)59-33(18-38(66)67)47(76)56-29(14-22(3)4)42(71)52-26(10)40(69)60-34(20-61)48(77)78/h21-34,61H,11-20,49H2,1-10H3,(H2,50,62)(H,51,70)(H,52,71)(H,53,72)(H,54,63)(H,55,68)(H,56,76)(H,57,73)(H,58,75)(H,59,74)(H,60,69)(H,64,65)(H,66,67)(H,77,78)/t25-,26-,27-,28-,29-,30-,31-,32-,33-,34-/m0/s1. The van der Waals surface area contributed by atoms with Crippen LogP contribution in [-0.4, -0.2) is 177 Å². The smallest absolute Gasteiger partial charge is 0.328 e. The lowest BCUT2D eigenvalue weighted by Crippen LogP contribution is -2.60. The molecular weight excluding hydrogens is 1030 g/mol. The summed E-state index contributed by atoms with van der Waals surface area (Å²) in [6.07, 6.45) is -2.48. The van der Waals surface area contributed by atoms with Crippen molar-refractivity contribution < 1.29 is 87.5 Å². The minimum absolute atomic E-state index is 0.0501. The lowest BCUT2D eigenvalue weighted by molar-refractivity contribution is -0.143. The second kappa shape index (κ2) is 35.0. The molecule has 0 spiro atoms.